The van der Waals surface area contributed by atoms with Crippen LogP contribution in [0.3, 0.4) is 0 Å². The Hall–Kier alpha value is -0.120. The van der Waals surface area contributed by atoms with E-state index in [0.717, 1.165) is 6.04 Å². The van der Waals surface area contributed by atoms with Gasteiger partial charge in [-0.2, -0.15) is 0 Å². The Kier molecular flexibility index (Phi) is 4.59. The van der Waals surface area contributed by atoms with Gasteiger partial charge < -0.3 is 16.0 Å². The molecule has 2 fully saturated rings. The Morgan fingerprint density at radius 2 is 1.79 bits per heavy atom. The van der Waals surface area contributed by atoms with Crippen molar-refractivity contribution in [2.75, 3.05) is 6.54 Å². The van der Waals surface area contributed by atoms with Crippen LogP contribution in [0.4, 0.5) is 0 Å². The van der Waals surface area contributed by atoms with E-state index >= 15 is 0 Å². The van der Waals surface area contributed by atoms with Crippen LogP contribution in [0.25, 0.3) is 0 Å². The van der Waals surface area contributed by atoms with Crippen LogP contribution >= 0.6 is 0 Å². The van der Waals surface area contributed by atoms with Crippen molar-refractivity contribution in [3.8, 4) is 0 Å². The van der Waals surface area contributed by atoms with E-state index in [4.69, 9.17) is 0 Å². The summed E-state index contributed by atoms with van der Waals surface area (Å²) in [7, 11) is 0. The second-order valence-electron chi connectivity index (χ2n) is 8.09. The van der Waals surface area contributed by atoms with E-state index in [9.17, 15) is 0 Å². The summed E-state index contributed by atoms with van der Waals surface area (Å²) in [6.07, 6.45) is 6.42. The maximum atomic E-state index is 3.88. The molecule has 0 aromatic heterocycles. The van der Waals surface area contributed by atoms with Crippen molar-refractivity contribution in [1.29, 1.82) is 0 Å². The van der Waals surface area contributed by atoms with Gasteiger partial charge in [-0.3, -0.25) is 0 Å². The number of piperidine rings is 1. The SMILES string of the molecule is CC(CC1CCCN1)NC1CC(C)(C)NC(C)(C)C1. The molecule has 2 saturated heterocycles. The minimum absolute atomic E-state index is 0.241. The zero-order valence-electron chi connectivity index (χ0n) is 13.5. The highest BCUT2D eigenvalue weighted by molar-refractivity contribution is 5.00. The minimum atomic E-state index is 0.241. The first-order chi connectivity index (χ1) is 8.76. The molecule has 0 aromatic rings. The van der Waals surface area contributed by atoms with Crippen LogP contribution < -0.4 is 16.0 Å². The van der Waals surface area contributed by atoms with Gasteiger partial charge in [-0.1, -0.05) is 0 Å². The Labute approximate surface area is 119 Å². The van der Waals surface area contributed by atoms with E-state index < -0.39 is 0 Å². The first kappa shape index (κ1) is 15.3. The third kappa shape index (κ3) is 4.73. The van der Waals surface area contributed by atoms with Crippen molar-refractivity contribution in [3.63, 3.8) is 0 Å². The highest BCUT2D eigenvalue weighted by Crippen LogP contribution is 2.29. The number of hydrogen-bond donors (Lipinski definition) is 3. The van der Waals surface area contributed by atoms with Gasteiger partial charge in [0.1, 0.15) is 0 Å². The summed E-state index contributed by atoms with van der Waals surface area (Å²) in [6, 6.07) is 2.00. The van der Waals surface area contributed by atoms with Crippen LogP contribution in [0.2, 0.25) is 0 Å². The van der Waals surface area contributed by atoms with E-state index in [1.807, 2.05) is 0 Å². The maximum absolute atomic E-state index is 3.88. The zero-order valence-corrected chi connectivity index (χ0v) is 13.5. The second-order valence-corrected chi connectivity index (χ2v) is 8.09. The number of hydrogen-bond acceptors (Lipinski definition) is 3. The van der Waals surface area contributed by atoms with E-state index in [2.05, 4.69) is 50.6 Å². The molecule has 2 aliphatic rings. The van der Waals surface area contributed by atoms with E-state index in [1.54, 1.807) is 0 Å². The van der Waals surface area contributed by atoms with Gasteiger partial charge in [-0.15, -0.1) is 0 Å². The molecule has 3 N–H and O–H groups in total. The topological polar surface area (TPSA) is 36.1 Å². The lowest BCUT2D eigenvalue weighted by Crippen LogP contribution is -2.62. The van der Waals surface area contributed by atoms with Gasteiger partial charge in [0.25, 0.3) is 0 Å². The smallest absolute Gasteiger partial charge is 0.0144 e. The molecule has 0 bridgehead atoms. The third-order valence-electron chi connectivity index (χ3n) is 4.51. The van der Waals surface area contributed by atoms with Gasteiger partial charge in [0.15, 0.2) is 0 Å². The molecular formula is C16H33N3. The Bertz CT molecular complexity index is 276. The molecule has 2 aliphatic heterocycles. The molecule has 0 aromatic carbocycles. The molecule has 0 radical (unpaired) electrons. The van der Waals surface area contributed by atoms with Crippen LogP contribution in [0, 0.1) is 0 Å². The minimum Gasteiger partial charge on any atom is -0.314 e. The monoisotopic (exact) mass is 267 g/mol. The fourth-order valence-electron chi connectivity index (χ4n) is 4.30. The molecule has 19 heavy (non-hydrogen) atoms. The lowest BCUT2D eigenvalue weighted by atomic mass is 9.79. The second kappa shape index (κ2) is 5.71. The number of rotatable bonds is 4. The van der Waals surface area contributed by atoms with Crippen LogP contribution in [-0.2, 0) is 0 Å². The Morgan fingerprint density at radius 3 is 2.32 bits per heavy atom. The molecule has 3 nitrogen and oxygen atoms in total. The van der Waals surface area contributed by atoms with Gasteiger partial charge in [-0.05, 0) is 73.3 Å². The van der Waals surface area contributed by atoms with Crippen molar-refractivity contribution in [2.24, 2.45) is 0 Å². The molecule has 2 heterocycles. The van der Waals surface area contributed by atoms with Crippen LogP contribution in [-0.4, -0.2) is 35.7 Å². The first-order valence-corrected chi connectivity index (χ1v) is 8.05. The normalized spacial score (nSPS) is 32.4. The molecule has 2 atom stereocenters. The Morgan fingerprint density at radius 1 is 1.16 bits per heavy atom. The van der Waals surface area contributed by atoms with E-state index in [1.165, 1.54) is 38.6 Å². The van der Waals surface area contributed by atoms with Gasteiger partial charge in [-0.25, -0.2) is 0 Å². The number of nitrogens with one attached hydrogen (secondary N) is 3. The largest absolute Gasteiger partial charge is 0.314 e. The van der Waals surface area contributed by atoms with Gasteiger partial charge >= 0.3 is 0 Å². The standard InChI is InChI=1S/C16H33N3/c1-12(9-13-7-6-8-17-13)18-14-10-15(2,3)19-16(4,5)11-14/h12-14,17-19H,6-11H2,1-5H3. The van der Waals surface area contributed by atoms with Crippen LogP contribution in [0.5, 0.6) is 0 Å². The summed E-state index contributed by atoms with van der Waals surface area (Å²) >= 11 is 0. The lowest BCUT2D eigenvalue weighted by molar-refractivity contribution is 0.139. The fraction of sp³-hybridized carbons (Fsp3) is 1.00. The quantitative estimate of drug-likeness (QED) is 0.732. The molecular weight excluding hydrogens is 234 g/mol. The average molecular weight is 267 g/mol. The summed E-state index contributed by atoms with van der Waals surface area (Å²) in [6.45, 7) is 12.9. The molecule has 0 aliphatic carbocycles. The molecule has 0 saturated carbocycles. The first-order valence-electron chi connectivity index (χ1n) is 8.05. The highest BCUT2D eigenvalue weighted by atomic mass is 15.1. The molecule has 0 amide bonds. The van der Waals surface area contributed by atoms with Gasteiger partial charge in [0, 0.05) is 29.2 Å². The summed E-state index contributed by atoms with van der Waals surface area (Å²) in [4.78, 5) is 0. The Balaban J connectivity index is 1.83. The lowest BCUT2D eigenvalue weighted by Gasteiger charge is -2.47. The third-order valence-corrected chi connectivity index (χ3v) is 4.51. The zero-order chi connectivity index (χ0) is 14.1. The molecule has 3 heteroatoms. The summed E-state index contributed by atoms with van der Waals surface area (Å²) < 4.78 is 0. The van der Waals surface area contributed by atoms with Crippen molar-refractivity contribution in [1.82, 2.24) is 16.0 Å². The van der Waals surface area contributed by atoms with Gasteiger partial charge in [0.2, 0.25) is 0 Å². The average Bonchev–Trinajstić information content (AvgIpc) is 2.63. The molecule has 2 unspecified atom stereocenters. The van der Waals surface area contributed by atoms with E-state index in [-0.39, 0.29) is 11.1 Å². The highest BCUT2D eigenvalue weighted by Gasteiger charge is 2.37. The molecule has 0 spiro atoms. The predicted molar refractivity (Wildman–Crippen MR) is 82.6 cm³/mol. The molecule has 112 valence electrons. The van der Waals surface area contributed by atoms with Crippen molar-refractivity contribution >= 4 is 0 Å². The van der Waals surface area contributed by atoms with Crippen molar-refractivity contribution in [3.05, 3.63) is 0 Å². The fourth-order valence-corrected chi connectivity index (χ4v) is 4.30. The summed E-state index contributed by atoms with van der Waals surface area (Å²) in [5.74, 6) is 0. The van der Waals surface area contributed by atoms with Crippen molar-refractivity contribution in [2.45, 2.75) is 95.9 Å². The van der Waals surface area contributed by atoms with Gasteiger partial charge in [0.05, 0.1) is 0 Å². The van der Waals surface area contributed by atoms with Crippen molar-refractivity contribution < 1.29 is 0 Å². The van der Waals surface area contributed by atoms with E-state index in [0.29, 0.717) is 12.1 Å². The molecule has 2 rings (SSSR count). The predicted octanol–water partition coefficient (Wildman–Crippen LogP) is 2.42. The summed E-state index contributed by atoms with van der Waals surface area (Å²) in [5.41, 5.74) is 0.482. The summed E-state index contributed by atoms with van der Waals surface area (Å²) in [5, 5.41) is 11.2. The van der Waals surface area contributed by atoms with Crippen LogP contribution in [0.15, 0.2) is 0 Å². The maximum Gasteiger partial charge on any atom is 0.0144 e. The van der Waals surface area contributed by atoms with Crippen LogP contribution in [0.1, 0.15) is 66.7 Å².